The first kappa shape index (κ1) is 17.1. The number of halogens is 2. The van der Waals surface area contributed by atoms with Gasteiger partial charge >= 0.3 is 0 Å². The number of benzene rings is 1. The molecule has 0 spiro atoms. The molecule has 2 aromatic rings. The summed E-state index contributed by atoms with van der Waals surface area (Å²) in [5, 5.41) is 0.993. The molecule has 24 heavy (non-hydrogen) atoms. The van der Waals surface area contributed by atoms with Gasteiger partial charge in [0.05, 0.1) is 5.69 Å². The van der Waals surface area contributed by atoms with Gasteiger partial charge in [-0.05, 0) is 31.9 Å². The van der Waals surface area contributed by atoms with Crippen LogP contribution in [-0.4, -0.2) is 15.2 Å². The van der Waals surface area contributed by atoms with E-state index in [0.717, 1.165) is 12.8 Å². The van der Waals surface area contributed by atoms with E-state index in [-0.39, 0.29) is 17.5 Å². The Labute approximate surface area is 143 Å². The van der Waals surface area contributed by atoms with Gasteiger partial charge in [0, 0.05) is 22.8 Å². The maximum absolute atomic E-state index is 13.9. The lowest BCUT2D eigenvalue weighted by Crippen LogP contribution is -2.18. The van der Waals surface area contributed by atoms with Crippen LogP contribution in [0.5, 0.6) is 0 Å². The molecule has 0 unspecified atom stereocenters. The smallest absolute Gasteiger partial charge is 0.254 e. The molecule has 1 N–H and O–H groups in total. The predicted octanol–water partition coefficient (Wildman–Crippen LogP) is 4.37. The molecule has 1 saturated carbocycles. The first-order chi connectivity index (χ1) is 11.5. The molecular weight excluding hydrogens is 330 g/mol. The van der Waals surface area contributed by atoms with Crippen molar-refractivity contribution in [1.29, 1.82) is 0 Å². The molecule has 1 aromatic carbocycles. The summed E-state index contributed by atoms with van der Waals surface area (Å²) in [4.78, 5) is 19.4. The molecule has 3 nitrogen and oxygen atoms in total. The van der Waals surface area contributed by atoms with Crippen molar-refractivity contribution in [3.8, 4) is 0 Å². The number of aromatic amines is 1. The summed E-state index contributed by atoms with van der Waals surface area (Å²) < 4.78 is 27.8. The Morgan fingerprint density at radius 2 is 1.88 bits per heavy atom. The molecule has 6 heteroatoms. The molecule has 128 valence electrons. The van der Waals surface area contributed by atoms with Crippen molar-refractivity contribution in [1.82, 2.24) is 9.97 Å². The summed E-state index contributed by atoms with van der Waals surface area (Å²) in [6.07, 6.45) is 5.85. The van der Waals surface area contributed by atoms with E-state index in [1.807, 2.05) is 0 Å². The van der Waals surface area contributed by atoms with E-state index in [9.17, 15) is 13.6 Å². The minimum absolute atomic E-state index is 0.0213. The lowest BCUT2D eigenvalue weighted by Gasteiger charge is -2.20. The third-order valence-electron chi connectivity index (χ3n) is 4.47. The SMILES string of the molecule is Cc1c(Cc2c(F)cccc2F)nc(SC2CCCCC2)[nH]c1=O. The molecule has 0 aliphatic heterocycles. The van der Waals surface area contributed by atoms with E-state index in [1.54, 1.807) is 18.7 Å². The number of H-pyrrole nitrogens is 1. The molecule has 0 bridgehead atoms. The highest BCUT2D eigenvalue weighted by Gasteiger charge is 2.18. The van der Waals surface area contributed by atoms with Crippen LogP contribution in [0.2, 0.25) is 0 Å². The third kappa shape index (κ3) is 3.86. The first-order valence-electron chi connectivity index (χ1n) is 8.24. The predicted molar refractivity (Wildman–Crippen MR) is 91.5 cm³/mol. The van der Waals surface area contributed by atoms with Crippen molar-refractivity contribution < 1.29 is 8.78 Å². The van der Waals surface area contributed by atoms with Gasteiger partial charge < -0.3 is 4.98 Å². The topological polar surface area (TPSA) is 45.8 Å². The largest absolute Gasteiger partial charge is 0.301 e. The van der Waals surface area contributed by atoms with E-state index in [0.29, 0.717) is 21.7 Å². The average Bonchev–Trinajstić information content (AvgIpc) is 2.56. The summed E-state index contributed by atoms with van der Waals surface area (Å²) in [5.41, 5.74) is 0.550. The Kier molecular flexibility index (Phi) is 5.33. The van der Waals surface area contributed by atoms with Crippen LogP contribution < -0.4 is 5.56 Å². The average molecular weight is 350 g/mol. The quantitative estimate of drug-likeness (QED) is 0.833. The number of hydrogen-bond donors (Lipinski definition) is 1. The van der Waals surface area contributed by atoms with Crippen LogP contribution in [0.1, 0.15) is 48.9 Å². The van der Waals surface area contributed by atoms with Crippen LogP contribution in [0.4, 0.5) is 8.78 Å². The van der Waals surface area contributed by atoms with E-state index < -0.39 is 11.6 Å². The zero-order valence-electron chi connectivity index (χ0n) is 13.6. The third-order valence-corrected chi connectivity index (χ3v) is 5.69. The lowest BCUT2D eigenvalue weighted by molar-refractivity contribution is 0.515. The van der Waals surface area contributed by atoms with Crippen molar-refractivity contribution in [2.75, 3.05) is 0 Å². The minimum atomic E-state index is -0.613. The summed E-state index contributed by atoms with van der Waals surface area (Å²) in [7, 11) is 0. The molecular formula is C18H20F2N2OS. The van der Waals surface area contributed by atoms with Gasteiger partial charge in [-0.25, -0.2) is 13.8 Å². The van der Waals surface area contributed by atoms with Crippen LogP contribution in [-0.2, 0) is 6.42 Å². The van der Waals surface area contributed by atoms with Crippen LogP contribution in [0, 0.1) is 18.6 Å². The van der Waals surface area contributed by atoms with Crippen molar-refractivity contribution in [2.24, 2.45) is 0 Å². The molecule has 3 rings (SSSR count). The van der Waals surface area contributed by atoms with Crippen LogP contribution in [0.25, 0.3) is 0 Å². The standard InChI is InChI=1S/C18H20F2N2OS/c1-11-16(10-13-14(19)8-5-9-15(13)20)21-18(22-17(11)23)24-12-6-3-2-4-7-12/h5,8-9,12H,2-4,6-7,10H2,1H3,(H,21,22,23). The van der Waals surface area contributed by atoms with Gasteiger partial charge in [-0.2, -0.15) is 0 Å². The van der Waals surface area contributed by atoms with E-state index >= 15 is 0 Å². The van der Waals surface area contributed by atoms with Gasteiger partial charge in [-0.1, -0.05) is 37.1 Å². The molecule has 1 aliphatic rings. The summed E-state index contributed by atoms with van der Waals surface area (Å²) in [6.45, 7) is 1.63. The normalized spacial score (nSPS) is 15.6. The highest BCUT2D eigenvalue weighted by atomic mass is 32.2. The second-order valence-corrected chi connectivity index (χ2v) is 7.49. The number of rotatable bonds is 4. The Hall–Kier alpha value is -1.69. The Morgan fingerprint density at radius 1 is 1.21 bits per heavy atom. The second-order valence-electron chi connectivity index (χ2n) is 6.20. The Morgan fingerprint density at radius 3 is 2.54 bits per heavy atom. The maximum Gasteiger partial charge on any atom is 0.254 e. The van der Waals surface area contributed by atoms with Gasteiger partial charge in [0.2, 0.25) is 0 Å². The molecule has 0 radical (unpaired) electrons. The number of nitrogens with zero attached hydrogens (tertiary/aromatic N) is 1. The lowest BCUT2D eigenvalue weighted by atomic mass is 10.0. The van der Waals surface area contributed by atoms with E-state index in [2.05, 4.69) is 9.97 Å². The van der Waals surface area contributed by atoms with Gasteiger partial charge in [-0.3, -0.25) is 4.79 Å². The Balaban J connectivity index is 1.88. The fourth-order valence-corrected chi connectivity index (χ4v) is 4.19. The number of nitrogens with one attached hydrogen (secondary N) is 1. The second kappa shape index (κ2) is 7.47. The van der Waals surface area contributed by atoms with Crippen molar-refractivity contribution >= 4 is 11.8 Å². The molecule has 1 aromatic heterocycles. The summed E-state index contributed by atoms with van der Waals surface area (Å²) in [5.74, 6) is -1.23. The van der Waals surface area contributed by atoms with Gasteiger partial charge in [0.25, 0.3) is 5.56 Å². The van der Waals surface area contributed by atoms with Crippen molar-refractivity contribution in [3.63, 3.8) is 0 Å². The molecule has 0 amide bonds. The van der Waals surface area contributed by atoms with E-state index in [1.165, 1.54) is 37.5 Å². The molecule has 0 saturated heterocycles. The van der Waals surface area contributed by atoms with E-state index in [4.69, 9.17) is 0 Å². The minimum Gasteiger partial charge on any atom is -0.301 e. The fraction of sp³-hybridized carbons (Fsp3) is 0.444. The molecule has 1 aliphatic carbocycles. The molecule has 1 fully saturated rings. The maximum atomic E-state index is 13.9. The molecule has 0 atom stereocenters. The van der Waals surface area contributed by atoms with Crippen LogP contribution in [0.3, 0.4) is 0 Å². The highest BCUT2D eigenvalue weighted by Crippen LogP contribution is 2.31. The highest BCUT2D eigenvalue weighted by molar-refractivity contribution is 7.99. The van der Waals surface area contributed by atoms with Gasteiger partial charge in [-0.15, -0.1) is 0 Å². The zero-order chi connectivity index (χ0) is 17.1. The summed E-state index contributed by atoms with van der Waals surface area (Å²) >= 11 is 1.57. The first-order valence-corrected chi connectivity index (χ1v) is 9.12. The Bertz CT molecular complexity index is 765. The van der Waals surface area contributed by atoms with Crippen LogP contribution in [0.15, 0.2) is 28.2 Å². The van der Waals surface area contributed by atoms with Crippen molar-refractivity contribution in [3.05, 3.63) is 57.0 Å². The van der Waals surface area contributed by atoms with Gasteiger partial charge in [0.1, 0.15) is 11.6 Å². The van der Waals surface area contributed by atoms with Gasteiger partial charge in [0.15, 0.2) is 5.16 Å². The fourth-order valence-electron chi connectivity index (χ4n) is 2.99. The number of hydrogen-bond acceptors (Lipinski definition) is 3. The summed E-state index contributed by atoms with van der Waals surface area (Å²) in [6, 6.07) is 3.77. The monoisotopic (exact) mass is 350 g/mol. The zero-order valence-corrected chi connectivity index (χ0v) is 14.4. The van der Waals surface area contributed by atoms with Crippen molar-refractivity contribution in [2.45, 2.75) is 55.9 Å². The number of aromatic nitrogens is 2. The van der Waals surface area contributed by atoms with Crippen LogP contribution >= 0.6 is 11.8 Å². The molecule has 1 heterocycles. The number of thioether (sulfide) groups is 1.